The topological polar surface area (TPSA) is 47.8 Å². The van der Waals surface area contributed by atoms with Gasteiger partial charge in [-0.05, 0) is 37.6 Å². The minimum absolute atomic E-state index is 0.295. The number of carbonyl (C=O) groups is 2. The van der Waals surface area contributed by atoms with Crippen LogP contribution in [0.1, 0.15) is 39.6 Å². The summed E-state index contributed by atoms with van der Waals surface area (Å²) in [5, 5.41) is 0. The molecule has 5 heteroatoms. The van der Waals surface area contributed by atoms with Gasteiger partial charge in [0, 0.05) is 21.5 Å². The third-order valence-corrected chi connectivity index (χ3v) is 4.98. The summed E-state index contributed by atoms with van der Waals surface area (Å²) >= 11 is 1.60. The molecule has 0 aliphatic carbocycles. The van der Waals surface area contributed by atoms with Crippen molar-refractivity contribution in [3.63, 3.8) is 0 Å². The molecule has 0 spiro atoms. The molecule has 0 fully saturated rings. The zero-order valence-corrected chi connectivity index (χ0v) is 13.9. The lowest BCUT2D eigenvalue weighted by Gasteiger charge is -2.03. The van der Waals surface area contributed by atoms with Crippen molar-refractivity contribution in [2.75, 3.05) is 6.61 Å². The highest BCUT2D eigenvalue weighted by Gasteiger charge is 2.25. The summed E-state index contributed by atoms with van der Waals surface area (Å²) in [5.41, 5.74) is 2.29. The number of thiophene rings is 1. The molecule has 0 radical (unpaired) electrons. The minimum atomic E-state index is -0.397. The lowest BCUT2D eigenvalue weighted by atomic mass is 10.1. The predicted octanol–water partition coefficient (Wildman–Crippen LogP) is 4.22. The van der Waals surface area contributed by atoms with Gasteiger partial charge >= 0.3 is 5.97 Å². The Morgan fingerprint density at radius 3 is 2.74 bits per heavy atom. The van der Waals surface area contributed by atoms with Gasteiger partial charge in [0.2, 0.25) is 0 Å². The fourth-order valence-electron chi connectivity index (χ4n) is 2.71. The maximum atomic E-state index is 12.5. The molecule has 0 saturated heterocycles. The molecule has 3 aromatic rings. The van der Waals surface area contributed by atoms with Gasteiger partial charge in [0.1, 0.15) is 0 Å². The Balaban J connectivity index is 2.35. The number of nitrogens with zero attached hydrogens (tertiary/aromatic N) is 1. The van der Waals surface area contributed by atoms with E-state index in [1.165, 1.54) is 4.88 Å². The van der Waals surface area contributed by atoms with Crippen LogP contribution in [-0.2, 0) is 11.2 Å². The summed E-state index contributed by atoms with van der Waals surface area (Å²) in [5.74, 6) is -0.397. The summed E-state index contributed by atoms with van der Waals surface area (Å²) in [6.07, 6.45) is 3.51. The number of aromatic nitrogens is 1. The largest absolute Gasteiger partial charge is 0.462 e. The van der Waals surface area contributed by atoms with E-state index >= 15 is 0 Å². The van der Waals surface area contributed by atoms with Crippen LogP contribution >= 0.6 is 11.3 Å². The molecule has 0 amide bonds. The lowest BCUT2D eigenvalue weighted by Crippen LogP contribution is -2.05. The fraction of sp³-hybridized carbons (Fsp3) is 0.222. The molecule has 23 heavy (non-hydrogen) atoms. The number of aryl methyl sites for hydroxylation is 1. The molecule has 0 unspecified atom stereocenters. The summed E-state index contributed by atoms with van der Waals surface area (Å²) < 4.78 is 6.98. The fourth-order valence-corrected chi connectivity index (χ4v) is 3.72. The van der Waals surface area contributed by atoms with Crippen LogP contribution < -0.4 is 0 Å². The quantitative estimate of drug-likeness (QED) is 0.521. The van der Waals surface area contributed by atoms with Crippen LogP contribution in [0.5, 0.6) is 0 Å². The van der Waals surface area contributed by atoms with E-state index in [9.17, 15) is 9.59 Å². The molecule has 4 nitrogen and oxygen atoms in total. The Morgan fingerprint density at radius 1 is 1.26 bits per heavy atom. The van der Waals surface area contributed by atoms with Crippen LogP contribution in [0.25, 0.3) is 16.0 Å². The monoisotopic (exact) mass is 327 g/mol. The van der Waals surface area contributed by atoms with Crippen molar-refractivity contribution in [1.82, 2.24) is 4.40 Å². The Kier molecular flexibility index (Phi) is 4.30. The normalized spacial score (nSPS) is 10.9. The molecule has 0 atom stereocenters. The van der Waals surface area contributed by atoms with Gasteiger partial charge in [-0.2, -0.15) is 0 Å². The first-order valence-corrected chi connectivity index (χ1v) is 8.37. The number of carbonyl (C=O) groups excluding carboxylic acids is 2. The number of rotatable bonds is 5. The molecule has 0 N–H and O–H groups in total. The Bertz CT molecular complexity index is 876. The van der Waals surface area contributed by atoms with Crippen LogP contribution in [0.3, 0.4) is 0 Å². The molecule has 0 aliphatic rings. The Morgan fingerprint density at radius 2 is 2.09 bits per heavy atom. The van der Waals surface area contributed by atoms with E-state index in [4.69, 9.17) is 4.74 Å². The van der Waals surface area contributed by atoms with Crippen molar-refractivity contribution in [2.24, 2.45) is 0 Å². The van der Waals surface area contributed by atoms with Crippen molar-refractivity contribution in [1.29, 1.82) is 0 Å². The van der Waals surface area contributed by atoms with Gasteiger partial charge in [-0.1, -0.05) is 13.0 Å². The second-order valence-corrected chi connectivity index (χ2v) is 6.22. The first kappa shape index (κ1) is 15.5. The molecule has 3 aromatic heterocycles. The van der Waals surface area contributed by atoms with E-state index < -0.39 is 5.97 Å². The average molecular weight is 327 g/mol. The van der Waals surface area contributed by atoms with Crippen LogP contribution in [0.15, 0.2) is 36.5 Å². The van der Waals surface area contributed by atoms with Crippen LogP contribution in [0.4, 0.5) is 0 Å². The van der Waals surface area contributed by atoms with E-state index in [-0.39, 0.29) is 0 Å². The van der Waals surface area contributed by atoms with E-state index in [0.717, 1.165) is 17.6 Å². The van der Waals surface area contributed by atoms with Gasteiger partial charge in [0.05, 0.1) is 23.4 Å². The van der Waals surface area contributed by atoms with Crippen molar-refractivity contribution < 1.29 is 14.3 Å². The number of ether oxygens (including phenoxy) is 1. The maximum absolute atomic E-state index is 12.5. The highest BCUT2D eigenvalue weighted by atomic mass is 32.1. The molecule has 0 aromatic carbocycles. The van der Waals surface area contributed by atoms with Crippen LogP contribution in [0, 0.1) is 0 Å². The minimum Gasteiger partial charge on any atom is -0.462 e. The first-order chi connectivity index (χ1) is 11.2. The zero-order valence-electron chi connectivity index (χ0n) is 13.0. The van der Waals surface area contributed by atoms with Crippen molar-refractivity contribution in [3.05, 3.63) is 52.7 Å². The number of fused-ring (bicyclic) bond motifs is 1. The zero-order chi connectivity index (χ0) is 16.4. The molecular formula is C18H17NO3S. The lowest BCUT2D eigenvalue weighted by molar-refractivity contribution is 0.0529. The Labute approximate surface area is 138 Å². The van der Waals surface area contributed by atoms with Crippen LogP contribution in [-0.4, -0.2) is 23.3 Å². The molecule has 0 bridgehead atoms. The number of hydrogen-bond acceptors (Lipinski definition) is 4. The second-order valence-electron chi connectivity index (χ2n) is 5.05. The second kappa shape index (κ2) is 6.38. The van der Waals surface area contributed by atoms with Gasteiger partial charge in [-0.15, -0.1) is 11.3 Å². The summed E-state index contributed by atoms with van der Waals surface area (Å²) in [6, 6.07) is 9.52. The van der Waals surface area contributed by atoms with E-state index in [0.29, 0.717) is 28.9 Å². The van der Waals surface area contributed by atoms with Crippen molar-refractivity contribution in [2.45, 2.75) is 20.3 Å². The SMILES string of the molecule is CCOC(=O)c1c(-c2ccc(CC)s2)c(C=O)n2ccccc12. The summed E-state index contributed by atoms with van der Waals surface area (Å²) in [7, 11) is 0. The molecule has 0 saturated carbocycles. The maximum Gasteiger partial charge on any atom is 0.341 e. The van der Waals surface area contributed by atoms with E-state index in [1.807, 2.05) is 30.3 Å². The third-order valence-electron chi connectivity index (χ3n) is 3.73. The van der Waals surface area contributed by atoms with Gasteiger partial charge in [0.15, 0.2) is 6.29 Å². The average Bonchev–Trinajstić information content (AvgIpc) is 3.16. The first-order valence-electron chi connectivity index (χ1n) is 7.55. The van der Waals surface area contributed by atoms with E-state index in [1.54, 1.807) is 28.9 Å². The molecule has 0 aliphatic heterocycles. The number of aldehydes is 1. The summed E-state index contributed by atoms with van der Waals surface area (Å²) in [6.45, 7) is 4.15. The smallest absolute Gasteiger partial charge is 0.341 e. The van der Waals surface area contributed by atoms with Gasteiger partial charge in [-0.3, -0.25) is 4.79 Å². The van der Waals surface area contributed by atoms with Crippen LogP contribution in [0.2, 0.25) is 0 Å². The van der Waals surface area contributed by atoms with Gasteiger partial charge < -0.3 is 9.14 Å². The molecule has 3 rings (SSSR count). The standard InChI is InChI=1S/C18H17NO3S/c1-3-12-8-9-15(23-12)16-14(11-20)19-10-6-5-7-13(19)17(16)18(21)22-4-2/h5-11H,3-4H2,1-2H3. The van der Waals surface area contributed by atoms with Gasteiger partial charge in [-0.25, -0.2) is 4.79 Å². The van der Waals surface area contributed by atoms with Crippen molar-refractivity contribution in [3.8, 4) is 10.4 Å². The number of hydrogen-bond donors (Lipinski definition) is 0. The molecule has 3 heterocycles. The highest BCUT2D eigenvalue weighted by Crippen LogP contribution is 2.37. The highest BCUT2D eigenvalue weighted by molar-refractivity contribution is 7.15. The molecular weight excluding hydrogens is 310 g/mol. The third kappa shape index (κ3) is 2.57. The summed E-state index contributed by atoms with van der Waals surface area (Å²) in [4.78, 5) is 26.4. The van der Waals surface area contributed by atoms with E-state index in [2.05, 4.69) is 6.92 Å². The predicted molar refractivity (Wildman–Crippen MR) is 91.4 cm³/mol. The molecule has 118 valence electrons. The van der Waals surface area contributed by atoms with Gasteiger partial charge in [0.25, 0.3) is 0 Å². The van der Waals surface area contributed by atoms with Crippen molar-refractivity contribution >= 4 is 29.1 Å². The Hall–Kier alpha value is -2.40. The number of esters is 1. The number of pyridine rings is 1.